The van der Waals surface area contributed by atoms with Crippen LogP contribution in [0.1, 0.15) is 43.2 Å². The van der Waals surface area contributed by atoms with E-state index in [1.165, 1.54) is 0 Å². The number of fused-ring (bicyclic) bond motifs is 6. The largest absolute Gasteiger partial charge is 0.372 e. The van der Waals surface area contributed by atoms with E-state index < -0.39 is 59.7 Å². The van der Waals surface area contributed by atoms with E-state index in [-0.39, 0.29) is 25.2 Å². The Bertz CT molecular complexity index is 1360. The zero-order chi connectivity index (χ0) is 27.5. The van der Waals surface area contributed by atoms with E-state index in [9.17, 15) is 24.8 Å². The highest BCUT2D eigenvalue weighted by molar-refractivity contribution is 6.01. The lowest BCUT2D eigenvalue weighted by molar-refractivity contribution is -0.201. The number of nitriles is 1. The first-order chi connectivity index (χ1) is 18.7. The number of hydrogen-bond acceptors (Lipinski definition) is 5. The zero-order valence-electron chi connectivity index (χ0n) is 21.1. The standard InChI is InChI=1S/C29H28F2N4O4/c30-28(31)14-18-9-10-23(28)24(26(37)34-17(15-32)13-16-11-12-33-25(16)36)35(18)27(38)29(39)21-7-3-1-5-19(21)20-6-2-4-8-22(20)29/h1-8,16-18,23-24,39H,9-14H2,(H,33,36)(H,34,37)/t16-,17+,18+,23+,24-/m1/s1. The van der Waals surface area contributed by atoms with Crippen LogP contribution in [0.5, 0.6) is 0 Å². The molecule has 0 aromatic heterocycles. The Balaban J connectivity index is 1.36. The first kappa shape index (κ1) is 25.4. The van der Waals surface area contributed by atoms with Crippen LogP contribution in [0.4, 0.5) is 8.78 Å². The van der Waals surface area contributed by atoms with Crippen LogP contribution in [0.2, 0.25) is 0 Å². The fraction of sp³-hybridized carbons (Fsp3) is 0.448. The Labute approximate surface area is 224 Å². The van der Waals surface area contributed by atoms with Gasteiger partial charge in [-0.1, -0.05) is 48.5 Å². The lowest BCUT2D eigenvalue weighted by Crippen LogP contribution is -2.70. The van der Waals surface area contributed by atoms with Crippen molar-refractivity contribution >= 4 is 17.7 Å². The first-order valence-corrected chi connectivity index (χ1v) is 13.3. The number of nitrogens with zero attached hydrogens (tertiary/aromatic N) is 2. The summed E-state index contributed by atoms with van der Waals surface area (Å²) in [5.74, 6) is -7.03. The zero-order valence-corrected chi connectivity index (χ0v) is 21.1. The number of nitrogens with one attached hydrogen (secondary N) is 2. The smallest absolute Gasteiger partial charge is 0.264 e. The average Bonchev–Trinajstić information content (AvgIpc) is 3.46. The quantitative estimate of drug-likeness (QED) is 0.544. The van der Waals surface area contributed by atoms with E-state index in [0.29, 0.717) is 35.2 Å². The van der Waals surface area contributed by atoms with Crippen LogP contribution in [0.3, 0.4) is 0 Å². The Morgan fingerprint density at radius 1 is 1.10 bits per heavy atom. The summed E-state index contributed by atoms with van der Waals surface area (Å²) in [6.07, 6.45) is 0.266. The van der Waals surface area contributed by atoms with Crippen molar-refractivity contribution in [3.8, 4) is 17.2 Å². The molecular formula is C29H28F2N4O4. The van der Waals surface area contributed by atoms with Crippen molar-refractivity contribution in [1.29, 1.82) is 5.26 Å². The number of benzene rings is 2. The second-order valence-electron chi connectivity index (χ2n) is 11.0. The number of carbonyl (C=O) groups excluding carboxylic acids is 3. The van der Waals surface area contributed by atoms with Crippen LogP contribution in [0.25, 0.3) is 11.1 Å². The number of amides is 3. The summed E-state index contributed by atoms with van der Waals surface area (Å²) in [6, 6.07) is 12.2. The number of rotatable bonds is 5. The van der Waals surface area contributed by atoms with Gasteiger partial charge in [-0.2, -0.15) is 5.26 Å². The number of halogens is 2. The summed E-state index contributed by atoms with van der Waals surface area (Å²) in [5, 5.41) is 27.0. The van der Waals surface area contributed by atoms with E-state index in [1.807, 2.05) is 6.07 Å². The second-order valence-corrected chi connectivity index (χ2v) is 11.0. The molecule has 0 unspecified atom stereocenters. The molecule has 8 nitrogen and oxygen atoms in total. The lowest BCUT2D eigenvalue weighted by Gasteiger charge is -2.54. The van der Waals surface area contributed by atoms with Gasteiger partial charge in [0.1, 0.15) is 12.1 Å². The molecule has 3 saturated heterocycles. The Hall–Kier alpha value is -3.84. The van der Waals surface area contributed by atoms with Crippen molar-refractivity contribution in [2.24, 2.45) is 11.8 Å². The molecule has 2 aliphatic carbocycles. The van der Waals surface area contributed by atoms with Gasteiger partial charge in [-0.3, -0.25) is 14.4 Å². The molecule has 3 heterocycles. The van der Waals surface area contributed by atoms with Crippen LogP contribution in [0, 0.1) is 23.2 Å². The maximum atomic E-state index is 15.2. The summed E-state index contributed by atoms with van der Waals surface area (Å²) in [6.45, 7) is 0.470. The van der Waals surface area contributed by atoms with Gasteiger partial charge in [-0.15, -0.1) is 0 Å². The molecule has 2 aromatic carbocycles. The Morgan fingerprint density at radius 2 is 1.74 bits per heavy atom. The summed E-state index contributed by atoms with van der Waals surface area (Å²) in [7, 11) is 0. The van der Waals surface area contributed by atoms with Crippen LogP contribution in [0.15, 0.2) is 48.5 Å². The van der Waals surface area contributed by atoms with Crippen molar-refractivity contribution in [2.45, 2.75) is 61.8 Å². The molecule has 39 heavy (non-hydrogen) atoms. The molecule has 5 atom stereocenters. The van der Waals surface area contributed by atoms with Gasteiger partial charge < -0.3 is 20.6 Å². The molecule has 2 bridgehead atoms. The van der Waals surface area contributed by atoms with Crippen LogP contribution >= 0.6 is 0 Å². The van der Waals surface area contributed by atoms with Gasteiger partial charge in [0, 0.05) is 36.1 Å². The molecule has 0 radical (unpaired) electrons. The van der Waals surface area contributed by atoms with Crippen LogP contribution < -0.4 is 10.6 Å². The molecule has 202 valence electrons. The second kappa shape index (κ2) is 9.12. The highest BCUT2D eigenvalue weighted by Crippen LogP contribution is 2.53. The minimum atomic E-state index is -3.19. The minimum Gasteiger partial charge on any atom is -0.372 e. The van der Waals surface area contributed by atoms with E-state index >= 15 is 8.78 Å². The number of piperidine rings is 2. The molecule has 3 amide bonds. The summed E-state index contributed by atoms with van der Waals surface area (Å²) < 4.78 is 30.4. The monoisotopic (exact) mass is 534 g/mol. The van der Waals surface area contributed by atoms with Crippen LogP contribution in [-0.4, -0.2) is 58.3 Å². The van der Waals surface area contributed by atoms with Crippen molar-refractivity contribution in [1.82, 2.24) is 15.5 Å². The fourth-order valence-electron chi connectivity index (χ4n) is 6.98. The normalized spacial score (nSPS) is 28.2. The van der Waals surface area contributed by atoms with E-state index in [4.69, 9.17) is 0 Å². The SMILES string of the molecule is N#C[C@H](C[C@H]1CCNC1=O)NC(=O)[C@H]1[C@@H]2CC[C@@H](CC2(F)F)N1C(=O)C1(O)c2ccccc2-c2ccccc21. The van der Waals surface area contributed by atoms with Crippen molar-refractivity contribution in [3.63, 3.8) is 0 Å². The maximum absolute atomic E-state index is 15.2. The molecule has 7 rings (SSSR count). The van der Waals surface area contributed by atoms with Crippen molar-refractivity contribution < 1.29 is 28.3 Å². The summed E-state index contributed by atoms with van der Waals surface area (Å²) in [5.41, 5.74) is -0.153. The minimum absolute atomic E-state index is 0.0351. The van der Waals surface area contributed by atoms with Gasteiger partial charge >= 0.3 is 0 Å². The predicted molar refractivity (Wildman–Crippen MR) is 135 cm³/mol. The number of carbonyl (C=O) groups is 3. The third kappa shape index (κ3) is 3.82. The van der Waals surface area contributed by atoms with Gasteiger partial charge in [-0.25, -0.2) is 8.78 Å². The molecule has 1 saturated carbocycles. The van der Waals surface area contributed by atoms with E-state index in [0.717, 1.165) is 4.90 Å². The molecule has 3 aliphatic heterocycles. The molecule has 5 aliphatic rings. The third-order valence-corrected chi connectivity index (χ3v) is 8.83. The highest BCUT2D eigenvalue weighted by atomic mass is 19.3. The first-order valence-electron chi connectivity index (χ1n) is 13.3. The van der Waals surface area contributed by atoms with Gasteiger partial charge in [0.25, 0.3) is 11.8 Å². The number of aliphatic hydroxyl groups is 1. The average molecular weight is 535 g/mol. The lowest BCUT2D eigenvalue weighted by atomic mass is 9.70. The number of alkyl halides is 2. The molecule has 10 heteroatoms. The maximum Gasteiger partial charge on any atom is 0.264 e. The highest BCUT2D eigenvalue weighted by Gasteiger charge is 2.63. The molecule has 2 aromatic rings. The Kier molecular flexibility index (Phi) is 5.95. The summed E-state index contributed by atoms with van der Waals surface area (Å²) in [4.78, 5) is 41.2. The summed E-state index contributed by atoms with van der Waals surface area (Å²) >= 11 is 0. The van der Waals surface area contributed by atoms with Gasteiger partial charge in [-0.05, 0) is 36.8 Å². The third-order valence-electron chi connectivity index (χ3n) is 8.83. The predicted octanol–water partition coefficient (Wildman–Crippen LogP) is 2.45. The molecule has 4 fully saturated rings. The van der Waals surface area contributed by atoms with Crippen molar-refractivity contribution in [2.75, 3.05) is 6.54 Å². The van der Waals surface area contributed by atoms with Gasteiger partial charge in [0.15, 0.2) is 5.60 Å². The molecular weight excluding hydrogens is 506 g/mol. The van der Waals surface area contributed by atoms with Crippen LogP contribution in [-0.2, 0) is 20.0 Å². The Morgan fingerprint density at radius 3 is 2.31 bits per heavy atom. The van der Waals surface area contributed by atoms with Gasteiger partial charge in [0.05, 0.1) is 12.0 Å². The topological polar surface area (TPSA) is 123 Å². The fourth-order valence-corrected chi connectivity index (χ4v) is 6.98. The van der Waals surface area contributed by atoms with E-state index in [1.54, 1.807) is 48.5 Å². The number of hydrogen-bond donors (Lipinski definition) is 3. The van der Waals surface area contributed by atoms with E-state index in [2.05, 4.69) is 10.6 Å². The van der Waals surface area contributed by atoms with Gasteiger partial charge in [0.2, 0.25) is 11.8 Å². The van der Waals surface area contributed by atoms with Crippen molar-refractivity contribution in [3.05, 3.63) is 59.7 Å². The molecule has 3 N–H and O–H groups in total. The molecule has 0 spiro atoms.